The Bertz CT molecular complexity index is 658. The van der Waals surface area contributed by atoms with Gasteiger partial charge in [0, 0.05) is 19.3 Å². The zero-order valence-corrected chi connectivity index (χ0v) is 13.1. The smallest absolute Gasteiger partial charge is 0.227 e. The first-order valence-electron chi connectivity index (χ1n) is 7.55. The van der Waals surface area contributed by atoms with Crippen LogP contribution < -0.4 is 10.2 Å². The maximum absolute atomic E-state index is 13.7. The van der Waals surface area contributed by atoms with Gasteiger partial charge in [-0.2, -0.15) is 4.98 Å². The van der Waals surface area contributed by atoms with Gasteiger partial charge in [-0.1, -0.05) is 13.8 Å². The van der Waals surface area contributed by atoms with Gasteiger partial charge in [0.1, 0.15) is 5.82 Å². The molecule has 0 aliphatic carbocycles. The highest BCUT2D eigenvalue weighted by Crippen LogP contribution is 2.23. The number of halogens is 3. The molecule has 7 heteroatoms. The van der Waals surface area contributed by atoms with Crippen LogP contribution in [0.5, 0.6) is 0 Å². The zero-order chi connectivity index (χ0) is 16.8. The Morgan fingerprint density at radius 1 is 1.00 bits per heavy atom. The standard InChI is InChI=1S/C16H19F3N4/c1-3-9-23(10-4-2)16-20-8-7-13(22-16)21-12-6-5-11(17)14(18)15(12)19/h5-8H,3-4,9-10H2,1-2H3,(H,20,21,22). The molecule has 0 aliphatic rings. The molecule has 0 spiro atoms. The normalized spacial score (nSPS) is 10.7. The number of anilines is 3. The zero-order valence-electron chi connectivity index (χ0n) is 13.1. The van der Waals surface area contributed by atoms with E-state index in [0.717, 1.165) is 38.1 Å². The highest BCUT2D eigenvalue weighted by Gasteiger charge is 2.14. The van der Waals surface area contributed by atoms with E-state index in [1.807, 2.05) is 4.90 Å². The average Bonchev–Trinajstić information content (AvgIpc) is 2.55. The van der Waals surface area contributed by atoms with Crippen LogP contribution in [-0.2, 0) is 0 Å². The second-order valence-electron chi connectivity index (χ2n) is 5.08. The van der Waals surface area contributed by atoms with Gasteiger partial charge in [0.05, 0.1) is 5.69 Å². The predicted octanol–water partition coefficient (Wildman–Crippen LogP) is 4.26. The molecular formula is C16H19F3N4. The SMILES string of the molecule is CCCN(CCC)c1nccc(Nc2ccc(F)c(F)c2F)n1. The fourth-order valence-electron chi connectivity index (χ4n) is 2.18. The van der Waals surface area contributed by atoms with Crippen molar-refractivity contribution in [1.29, 1.82) is 0 Å². The second kappa shape index (κ2) is 7.80. The van der Waals surface area contributed by atoms with Gasteiger partial charge in [-0.05, 0) is 31.0 Å². The monoisotopic (exact) mass is 324 g/mol. The number of aromatic nitrogens is 2. The summed E-state index contributed by atoms with van der Waals surface area (Å²) < 4.78 is 40.0. The van der Waals surface area contributed by atoms with E-state index in [0.29, 0.717) is 11.8 Å². The molecule has 0 aliphatic heterocycles. The molecule has 0 bridgehead atoms. The number of benzene rings is 1. The van der Waals surface area contributed by atoms with E-state index >= 15 is 0 Å². The quantitative estimate of drug-likeness (QED) is 0.773. The summed E-state index contributed by atoms with van der Waals surface area (Å²) in [5.41, 5.74) is -0.175. The topological polar surface area (TPSA) is 41.1 Å². The highest BCUT2D eigenvalue weighted by molar-refractivity contribution is 5.58. The minimum atomic E-state index is -1.51. The van der Waals surface area contributed by atoms with Crippen LogP contribution in [0, 0.1) is 17.5 Å². The van der Waals surface area contributed by atoms with Gasteiger partial charge >= 0.3 is 0 Å². The summed E-state index contributed by atoms with van der Waals surface area (Å²) in [5, 5.41) is 2.66. The molecule has 2 aromatic rings. The van der Waals surface area contributed by atoms with Crippen molar-refractivity contribution in [2.24, 2.45) is 0 Å². The summed E-state index contributed by atoms with van der Waals surface area (Å²) in [4.78, 5) is 10.6. The van der Waals surface area contributed by atoms with Gasteiger partial charge < -0.3 is 10.2 Å². The first kappa shape index (κ1) is 17.1. The van der Waals surface area contributed by atoms with E-state index in [2.05, 4.69) is 29.1 Å². The van der Waals surface area contributed by atoms with Gasteiger partial charge in [0.25, 0.3) is 0 Å². The fraction of sp³-hybridized carbons (Fsp3) is 0.375. The molecule has 0 saturated carbocycles. The maximum Gasteiger partial charge on any atom is 0.227 e. The molecule has 0 saturated heterocycles. The Kier molecular flexibility index (Phi) is 5.78. The third kappa shape index (κ3) is 4.12. The third-order valence-electron chi connectivity index (χ3n) is 3.21. The van der Waals surface area contributed by atoms with E-state index < -0.39 is 17.5 Å². The minimum Gasteiger partial charge on any atom is -0.341 e. The Morgan fingerprint density at radius 3 is 2.35 bits per heavy atom. The van der Waals surface area contributed by atoms with Crippen molar-refractivity contribution in [3.63, 3.8) is 0 Å². The first-order valence-corrected chi connectivity index (χ1v) is 7.55. The lowest BCUT2D eigenvalue weighted by molar-refractivity contribution is 0.449. The number of rotatable bonds is 7. The first-order chi connectivity index (χ1) is 11.1. The molecule has 23 heavy (non-hydrogen) atoms. The Hall–Kier alpha value is -2.31. The molecule has 0 radical (unpaired) electrons. The Balaban J connectivity index is 2.24. The molecule has 1 aromatic heterocycles. The van der Waals surface area contributed by atoms with Crippen molar-refractivity contribution < 1.29 is 13.2 Å². The minimum absolute atomic E-state index is 0.175. The van der Waals surface area contributed by atoms with E-state index in [-0.39, 0.29) is 5.69 Å². The molecule has 1 heterocycles. The van der Waals surface area contributed by atoms with Crippen molar-refractivity contribution in [2.75, 3.05) is 23.3 Å². The molecule has 0 atom stereocenters. The lowest BCUT2D eigenvalue weighted by Gasteiger charge is -2.21. The van der Waals surface area contributed by atoms with Crippen LogP contribution in [-0.4, -0.2) is 23.1 Å². The summed E-state index contributed by atoms with van der Waals surface area (Å²) in [7, 11) is 0. The van der Waals surface area contributed by atoms with Crippen LogP contribution in [0.2, 0.25) is 0 Å². The van der Waals surface area contributed by atoms with Crippen LogP contribution in [0.25, 0.3) is 0 Å². The molecular weight excluding hydrogens is 305 g/mol. The molecule has 1 aromatic carbocycles. The van der Waals surface area contributed by atoms with E-state index in [4.69, 9.17) is 0 Å². The maximum atomic E-state index is 13.7. The Morgan fingerprint density at radius 2 is 1.70 bits per heavy atom. The van der Waals surface area contributed by atoms with Crippen molar-refractivity contribution in [1.82, 2.24) is 9.97 Å². The fourth-order valence-corrected chi connectivity index (χ4v) is 2.18. The lowest BCUT2D eigenvalue weighted by atomic mass is 10.3. The summed E-state index contributed by atoms with van der Waals surface area (Å²) in [6.45, 7) is 5.72. The molecule has 124 valence electrons. The highest BCUT2D eigenvalue weighted by atomic mass is 19.2. The largest absolute Gasteiger partial charge is 0.341 e. The van der Waals surface area contributed by atoms with E-state index in [1.54, 1.807) is 12.3 Å². The van der Waals surface area contributed by atoms with Gasteiger partial charge in [-0.15, -0.1) is 0 Å². The van der Waals surface area contributed by atoms with Gasteiger partial charge in [0.2, 0.25) is 5.95 Å². The number of nitrogens with one attached hydrogen (secondary N) is 1. The summed E-state index contributed by atoms with van der Waals surface area (Å²) in [5.74, 6) is -3.18. The van der Waals surface area contributed by atoms with E-state index in [9.17, 15) is 13.2 Å². The lowest BCUT2D eigenvalue weighted by Crippen LogP contribution is -2.27. The van der Waals surface area contributed by atoms with Crippen molar-refractivity contribution in [2.45, 2.75) is 26.7 Å². The summed E-state index contributed by atoms with van der Waals surface area (Å²) in [6, 6.07) is 3.54. The predicted molar refractivity (Wildman–Crippen MR) is 84.4 cm³/mol. The van der Waals surface area contributed by atoms with Crippen LogP contribution in [0.3, 0.4) is 0 Å². The van der Waals surface area contributed by atoms with Crippen molar-refractivity contribution in [3.05, 3.63) is 41.8 Å². The van der Waals surface area contributed by atoms with Gasteiger partial charge in [-0.3, -0.25) is 0 Å². The molecule has 1 N–H and O–H groups in total. The van der Waals surface area contributed by atoms with Gasteiger partial charge in [-0.25, -0.2) is 18.2 Å². The summed E-state index contributed by atoms with van der Waals surface area (Å²) >= 11 is 0. The molecule has 0 unspecified atom stereocenters. The van der Waals surface area contributed by atoms with Crippen LogP contribution in [0.4, 0.5) is 30.6 Å². The second-order valence-corrected chi connectivity index (χ2v) is 5.08. The number of hydrogen-bond acceptors (Lipinski definition) is 4. The van der Waals surface area contributed by atoms with Crippen LogP contribution in [0.15, 0.2) is 24.4 Å². The molecule has 0 fully saturated rings. The number of nitrogens with zero attached hydrogens (tertiary/aromatic N) is 3. The van der Waals surface area contributed by atoms with Crippen LogP contribution in [0.1, 0.15) is 26.7 Å². The molecule has 4 nitrogen and oxygen atoms in total. The third-order valence-corrected chi connectivity index (χ3v) is 3.21. The van der Waals surface area contributed by atoms with Gasteiger partial charge in [0.15, 0.2) is 17.5 Å². The van der Waals surface area contributed by atoms with E-state index in [1.165, 1.54) is 0 Å². The molecule has 0 amide bonds. The van der Waals surface area contributed by atoms with Crippen molar-refractivity contribution >= 4 is 17.5 Å². The average molecular weight is 324 g/mol. The molecule has 2 rings (SSSR count). The summed E-state index contributed by atoms with van der Waals surface area (Å²) in [6.07, 6.45) is 3.43. The number of hydrogen-bond donors (Lipinski definition) is 1. The van der Waals surface area contributed by atoms with Crippen molar-refractivity contribution in [3.8, 4) is 0 Å². The van der Waals surface area contributed by atoms with Crippen LogP contribution >= 0.6 is 0 Å². The Labute approximate surface area is 133 Å².